The van der Waals surface area contributed by atoms with E-state index in [4.69, 9.17) is 11.6 Å². The van der Waals surface area contributed by atoms with Crippen LogP contribution in [0.3, 0.4) is 0 Å². The lowest BCUT2D eigenvalue weighted by Crippen LogP contribution is -2.03. The van der Waals surface area contributed by atoms with Gasteiger partial charge in [-0.1, -0.05) is 45.7 Å². The number of carbonyl (C=O) groups is 1. The third-order valence-electron chi connectivity index (χ3n) is 3.34. The minimum absolute atomic E-state index is 0.0522. The van der Waals surface area contributed by atoms with Crippen LogP contribution in [0.4, 0.5) is 5.69 Å². The standard InChI is InChI=1S/C15H11BrClNO2/c16-11-4-2-1-3-9(11)15(20)10-5-8-6-14(19)18-13(8)7-12(10)17/h1-5,7,15,20H,6H2,(H,18,19). The summed E-state index contributed by atoms with van der Waals surface area (Å²) < 4.78 is 0.818. The van der Waals surface area contributed by atoms with Gasteiger partial charge >= 0.3 is 0 Å². The van der Waals surface area contributed by atoms with Gasteiger partial charge in [-0.15, -0.1) is 0 Å². The van der Waals surface area contributed by atoms with Crippen LogP contribution in [-0.2, 0) is 11.2 Å². The maximum absolute atomic E-state index is 11.4. The van der Waals surface area contributed by atoms with Gasteiger partial charge in [0.15, 0.2) is 0 Å². The Bertz CT molecular complexity index is 702. The topological polar surface area (TPSA) is 49.3 Å². The van der Waals surface area contributed by atoms with Crippen LogP contribution in [0.2, 0.25) is 5.02 Å². The number of fused-ring (bicyclic) bond motifs is 1. The number of hydrogen-bond donors (Lipinski definition) is 2. The number of amides is 1. The second-order valence-corrected chi connectivity index (χ2v) is 5.94. The molecule has 1 amide bonds. The van der Waals surface area contributed by atoms with Crippen LogP contribution in [0.5, 0.6) is 0 Å². The summed E-state index contributed by atoms with van der Waals surface area (Å²) in [5.41, 5.74) is 2.93. The van der Waals surface area contributed by atoms with Crippen LogP contribution >= 0.6 is 27.5 Å². The third kappa shape index (κ3) is 2.35. The molecule has 5 heteroatoms. The SMILES string of the molecule is O=C1Cc2cc(C(O)c3ccccc3Br)c(Cl)cc2N1. The summed E-state index contributed by atoms with van der Waals surface area (Å²) in [5.74, 6) is -0.0522. The van der Waals surface area contributed by atoms with E-state index in [1.54, 1.807) is 12.1 Å². The van der Waals surface area contributed by atoms with Crippen molar-refractivity contribution in [2.75, 3.05) is 5.32 Å². The Balaban J connectivity index is 2.05. The van der Waals surface area contributed by atoms with Crippen LogP contribution < -0.4 is 5.32 Å². The molecule has 2 N–H and O–H groups in total. The van der Waals surface area contributed by atoms with Gasteiger partial charge in [-0.2, -0.15) is 0 Å². The summed E-state index contributed by atoms with van der Waals surface area (Å²) in [6, 6.07) is 10.9. The molecule has 0 aliphatic carbocycles. The van der Waals surface area contributed by atoms with E-state index in [2.05, 4.69) is 21.2 Å². The van der Waals surface area contributed by atoms with Crippen molar-refractivity contribution in [1.82, 2.24) is 0 Å². The number of aliphatic hydroxyl groups is 1. The molecule has 20 heavy (non-hydrogen) atoms. The maximum Gasteiger partial charge on any atom is 0.228 e. The molecule has 1 atom stereocenters. The van der Waals surface area contributed by atoms with Gasteiger partial charge in [0.05, 0.1) is 6.42 Å². The Morgan fingerprint density at radius 1 is 1.25 bits per heavy atom. The number of anilines is 1. The zero-order chi connectivity index (χ0) is 14.3. The van der Waals surface area contributed by atoms with Crippen molar-refractivity contribution in [2.45, 2.75) is 12.5 Å². The summed E-state index contributed by atoms with van der Waals surface area (Å²) in [5, 5.41) is 13.7. The number of carbonyl (C=O) groups excluding carboxylic acids is 1. The fraction of sp³-hybridized carbons (Fsp3) is 0.133. The van der Waals surface area contributed by atoms with Gasteiger partial charge in [0.25, 0.3) is 0 Å². The molecule has 1 heterocycles. The number of halogens is 2. The quantitative estimate of drug-likeness (QED) is 0.866. The molecule has 3 rings (SSSR count). The van der Waals surface area contributed by atoms with Gasteiger partial charge in [-0.05, 0) is 29.3 Å². The lowest BCUT2D eigenvalue weighted by atomic mass is 9.98. The predicted octanol–water partition coefficient (Wildman–Crippen LogP) is 3.68. The van der Waals surface area contributed by atoms with E-state index < -0.39 is 6.10 Å². The molecule has 0 radical (unpaired) electrons. The molecule has 3 nitrogen and oxygen atoms in total. The minimum atomic E-state index is -0.834. The van der Waals surface area contributed by atoms with E-state index in [1.165, 1.54) is 0 Å². The van der Waals surface area contributed by atoms with Gasteiger partial charge in [0.2, 0.25) is 5.91 Å². The van der Waals surface area contributed by atoms with Crippen molar-refractivity contribution in [3.8, 4) is 0 Å². The Hall–Kier alpha value is -1.36. The van der Waals surface area contributed by atoms with Gasteiger partial charge in [-0.3, -0.25) is 4.79 Å². The van der Waals surface area contributed by atoms with E-state index in [-0.39, 0.29) is 5.91 Å². The molecule has 0 bridgehead atoms. The summed E-state index contributed by atoms with van der Waals surface area (Å²) in [7, 11) is 0. The molecule has 0 aromatic heterocycles. The Kier molecular flexibility index (Phi) is 3.54. The molecule has 2 aromatic carbocycles. The van der Waals surface area contributed by atoms with Crippen molar-refractivity contribution in [1.29, 1.82) is 0 Å². The highest BCUT2D eigenvalue weighted by atomic mass is 79.9. The molecule has 0 fully saturated rings. The largest absolute Gasteiger partial charge is 0.384 e. The van der Waals surface area contributed by atoms with Gasteiger partial charge in [0.1, 0.15) is 6.10 Å². The molecule has 0 saturated heterocycles. The predicted molar refractivity (Wildman–Crippen MR) is 82.0 cm³/mol. The molecule has 1 aliphatic heterocycles. The smallest absolute Gasteiger partial charge is 0.228 e. The van der Waals surface area contributed by atoms with Crippen LogP contribution in [0.1, 0.15) is 22.8 Å². The molecule has 2 aromatic rings. The summed E-state index contributed by atoms with van der Waals surface area (Å²) >= 11 is 9.65. The Morgan fingerprint density at radius 2 is 2.00 bits per heavy atom. The van der Waals surface area contributed by atoms with E-state index in [0.29, 0.717) is 17.0 Å². The van der Waals surface area contributed by atoms with Crippen molar-refractivity contribution in [3.05, 3.63) is 62.6 Å². The monoisotopic (exact) mass is 351 g/mol. The number of benzene rings is 2. The first-order valence-electron chi connectivity index (χ1n) is 6.11. The first-order chi connectivity index (χ1) is 9.56. The van der Waals surface area contributed by atoms with E-state index in [9.17, 15) is 9.90 Å². The third-order valence-corrected chi connectivity index (χ3v) is 4.39. The zero-order valence-electron chi connectivity index (χ0n) is 10.4. The average molecular weight is 353 g/mol. The van der Waals surface area contributed by atoms with E-state index in [0.717, 1.165) is 21.3 Å². The van der Waals surface area contributed by atoms with Crippen molar-refractivity contribution < 1.29 is 9.90 Å². The lowest BCUT2D eigenvalue weighted by Gasteiger charge is -2.16. The second-order valence-electron chi connectivity index (χ2n) is 4.68. The van der Waals surface area contributed by atoms with Crippen LogP contribution in [0, 0.1) is 0 Å². The molecule has 1 unspecified atom stereocenters. The molecular formula is C15H11BrClNO2. The fourth-order valence-corrected chi connectivity index (χ4v) is 3.11. The van der Waals surface area contributed by atoms with Crippen molar-refractivity contribution >= 4 is 39.1 Å². The Morgan fingerprint density at radius 3 is 2.75 bits per heavy atom. The van der Waals surface area contributed by atoms with Crippen LogP contribution in [-0.4, -0.2) is 11.0 Å². The number of hydrogen-bond acceptors (Lipinski definition) is 2. The van der Waals surface area contributed by atoms with Crippen molar-refractivity contribution in [3.63, 3.8) is 0 Å². The molecule has 0 spiro atoms. The molecule has 0 saturated carbocycles. The first kappa shape index (κ1) is 13.6. The highest BCUT2D eigenvalue weighted by Crippen LogP contribution is 2.36. The maximum atomic E-state index is 11.4. The number of aliphatic hydroxyl groups excluding tert-OH is 1. The van der Waals surface area contributed by atoms with E-state index in [1.807, 2.05) is 24.3 Å². The second kappa shape index (κ2) is 5.20. The fourth-order valence-electron chi connectivity index (χ4n) is 2.34. The van der Waals surface area contributed by atoms with Crippen LogP contribution in [0.15, 0.2) is 40.9 Å². The Labute approximate surface area is 129 Å². The minimum Gasteiger partial charge on any atom is -0.384 e. The van der Waals surface area contributed by atoms with Crippen LogP contribution in [0.25, 0.3) is 0 Å². The zero-order valence-corrected chi connectivity index (χ0v) is 12.7. The van der Waals surface area contributed by atoms with Gasteiger partial charge in [0, 0.05) is 20.7 Å². The normalized spacial score (nSPS) is 14.8. The molecular weight excluding hydrogens is 342 g/mol. The molecule has 102 valence electrons. The average Bonchev–Trinajstić information content (AvgIpc) is 2.76. The summed E-state index contributed by atoms with van der Waals surface area (Å²) in [4.78, 5) is 11.4. The number of nitrogens with one attached hydrogen (secondary N) is 1. The first-order valence-corrected chi connectivity index (χ1v) is 7.28. The lowest BCUT2D eigenvalue weighted by molar-refractivity contribution is -0.115. The highest BCUT2D eigenvalue weighted by molar-refractivity contribution is 9.10. The van der Waals surface area contributed by atoms with Crippen molar-refractivity contribution in [2.24, 2.45) is 0 Å². The highest BCUT2D eigenvalue weighted by Gasteiger charge is 2.23. The summed E-state index contributed by atoms with van der Waals surface area (Å²) in [6.07, 6.45) is -0.513. The van der Waals surface area contributed by atoms with Gasteiger partial charge < -0.3 is 10.4 Å². The summed E-state index contributed by atoms with van der Waals surface area (Å²) in [6.45, 7) is 0. The van der Waals surface area contributed by atoms with E-state index >= 15 is 0 Å². The van der Waals surface area contributed by atoms with Gasteiger partial charge in [-0.25, -0.2) is 0 Å². The molecule has 1 aliphatic rings. The number of rotatable bonds is 2.